The van der Waals surface area contributed by atoms with E-state index < -0.39 is 35.6 Å². The third kappa shape index (κ3) is 3.54. The molecule has 4 atom stereocenters. The van der Waals surface area contributed by atoms with Crippen molar-refractivity contribution < 1.29 is 19.4 Å². The van der Waals surface area contributed by atoms with Crippen LogP contribution in [0.4, 0.5) is 0 Å². The van der Waals surface area contributed by atoms with Gasteiger partial charge in [0.2, 0.25) is 0 Å². The molecule has 1 fully saturated rings. The van der Waals surface area contributed by atoms with Crippen molar-refractivity contribution in [2.75, 3.05) is 0 Å². The summed E-state index contributed by atoms with van der Waals surface area (Å²) < 4.78 is 5.83. The molecule has 0 amide bonds. The van der Waals surface area contributed by atoms with E-state index >= 15 is 0 Å². The van der Waals surface area contributed by atoms with Gasteiger partial charge in [0.05, 0.1) is 11.8 Å². The molecular weight excluding hydrogens is 400 g/mol. The molecular formula is C28H22O4. The molecule has 0 aliphatic heterocycles. The van der Waals surface area contributed by atoms with Crippen LogP contribution >= 0.6 is 0 Å². The first kappa shape index (κ1) is 20.0. The molecule has 0 saturated heterocycles. The van der Waals surface area contributed by atoms with Gasteiger partial charge >= 0.3 is 11.9 Å². The van der Waals surface area contributed by atoms with Gasteiger partial charge in [-0.15, -0.1) is 0 Å². The second kappa shape index (κ2) is 8.31. The Hall–Kier alpha value is -3.92. The smallest absolute Gasteiger partial charge is 0.315 e. The first-order valence-corrected chi connectivity index (χ1v) is 10.7. The fraction of sp³-hybridized carbons (Fsp3) is 0.143. The van der Waals surface area contributed by atoms with Crippen molar-refractivity contribution in [1.29, 1.82) is 0 Å². The average molecular weight is 422 g/mol. The van der Waals surface area contributed by atoms with Crippen LogP contribution in [0.15, 0.2) is 103 Å². The molecule has 158 valence electrons. The van der Waals surface area contributed by atoms with Gasteiger partial charge in [0.1, 0.15) is 5.75 Å². The Morgan fingerprint density at radius 3 is 1.72 bits per heavy atom. The van der Waals surface area contributed by atoms with Crippen LogP contribution in [0.1, 0.15) is 23.0 Å². The summed E-state index contributed by atoms with van der Waals surface area (Å²) in [6, 6.07) is 32.2. The molecule has 4 nitrogen and oxygen atoms in total. The number of carboxylic acids is 1. The summed E-state index contributed by atoms with van der Waals surface area (Å²) in [4.78, 5) is 25.7. The summed E-state index contributed by atoms with van der Waals surface area (Å²) in [5.41, 5.74) is 1.68. The average Bonchev–Trinajstić information content (AvgIpc) is 2.79. The van der Waals surface area contributed by atoms with Gasteiger partial charge in [-0.25, -0.2) is 0 Å². The molecule has 4 heteroatoms. The largest absolute Gasteiger partial charge is 0.481 e. The second-order valence-electron chi connectivity index (χ2n) is 8.19. The number of hydrogen-bond acceptors (Lipinski definition) is 3. The Kier molecular flexibility index (Phi) is 5.20. The lowest BCUT2D eigenvalue weighted by Crippen LogP contribution is -2.52. The molecule has 1 saturated carbocycles. The Morgan fingerprint density at radius 2 is 1.16 bits per heavy atom. The molecule has 0 spiro atoms. The van der Waals surface area contributed by atoms with Gasteiger partial charge in [0, 0.05) is 11.8 Å². The predicted octanol–water partition coefficient (Wildman–Crippen LogP) is 5.64. The molecule has 32 heavy (non-hydrogen) atoms. The topological polar surface area (TPSA) is 63.6 Å². The van der Waals surface area contributed by atoms with Gasteiger partial charge in [0.25, 0.3) is 0 Å². The van der Waals surface area contributed by atoms with Gasteiger partial charge in [-0.05, 0) is 34.0 Å². The van der Waals surface area contributed by atoms with Crippen LogP contribution in [0.25, 0.3) is 10.8 Å². The summed E-state index contributed by atoms with van der Waals surface area (Å²) in [6.07, 6.45) is 0. The predicted molar refractivity (Wildman–Crippen MR) is 123 cm³/mol. The number of carbonyl (C=O) groups is 2. The van der Waals surface area contributed by atoms with Crippen LogP contribution in [0.2, 0.25) is 0 Å². The van der Waals surface area contributed by atoms with Crippen LogP contribution in [0.5, 0.6) is 5.75 Å². The Bertz CT molecular complexity index is 1220. The van der Waals surface area contributed by atoms with Crippen molar-refractivity contribution in [3.05, 3.63) is 114 Å². The van der Waals surface area contributed by atoms with E-state index in [9.17, 15) is 14.7 Å². The second-order valence-corrected chi connectivity index (χ2v) is 8.19. The molecule has 5 rings (SSSR count). The molecule has 0 aromatic heterocycles. The lowest BCUT2D eigenvalue weighted by atomic mass is 9.52. The zero-order valence-electron chi connectivity index (χ0n) is 17.3. The van der Waals surface area contributed by atoms with E-state index in [1.54, 1.807) is 6.07 Å². The van der Waals surface area contributed by atoms with Crippen molar-refractivity contribution in [2.45, 2.75) is 11.8 Å². The quantitative estimate of drug-likeness (QED) is 0.334. The minimum Gasteiger partial charge on any atom is -0.481 e. The number of esters is 1. The SMILES string of the molecule is O=C(O)C1C(c2ccccc2)[C@@H](C(=O)Oc2ccc3ccccc3c2)[C@H]1c1ccccc1. The summed E-state index contributed by atoms with van der Waals surface area (Å²) >= 11 is 0. The van der Waals surface area contributed by atoms with Gasteiger partial charge in [0.15, 0.2) is 0 Å². The van der Waals surface area contributed by atoms with Crippen molar-refractivity contribution >= 4 is 22.7 Å². The number of carbonyl (C=O) groups excluding carboxylic acids is 1. The highest BCUT2D eigenvalue weighted by Gasteiger charge is 2.59. The molecule has 1 N–H and O–H groups in total. The summed E-state index contributed by atoms with van der Waals surface area (Å²) in [7, 11) is 0. The normalized spacial score (nSPS) is 22.1. The third-order valence-electron chi connectivity index (χ3n) is 6.41. The summed E-state index contributed by atoms with van der Waals surface area (Å²) in [6.45, 7) is 0. The van der Waals surface area contributed by atoms with E-state index in [2.05, 4.69) is 0 Å². The van der Waals surface area contributed by atoms with E-state index in [1.165, 1.54) is 0 Å². The highest BCUT2D eigenvalue weighted by molar-refractivity contribution is 5.87. The third-order valence-corrected chi connectivity index (χ3v) is 6.41. The maximum absolute atomic E-state index is 13.5. The monoisotopic (exact) mass is 422 g/mol. The number of carboxylic acid groups (broad SMARTS) is 1. The number of rotatable bonds is 5. The molecule has 0 heterocycles. The standard InChI is InChI=1S/C28H22O4/c29-27(30)25-23(19-10-3-1-4-11-19)26(24(25)20-12-5-2-6-13-20)28(31)32-22-16-15-18-9-7-8-14-21(18)17-22/h1-17,23-26H,(H,29,30)/t23-,24?,25?,26-/m0/s1. The number of benzene rings is 4. The highest BCUT2D eigenvalue weighted by Crippen LogP contribution is 2.58. The molecule has 1 aliphatic carbocycles. The minimum atomic E-state index is -0.900. The summed E-state index contributed by atoms with van der Waals surface area (Å²) in [5.74, 6) is -3.03. The minimum absolute atomic E-state index is 0.402. The van der Waals surface area contributed by atoms with Crippen molar-refractivity contribution in [3.8, 4) is 5.75 Å². The number of hydrogen-bond donors (Lipinski definition) is 1. The van der Waals surface area contributed by atoms with Crippen LogP contribution in [-0.4, -0.2) is 17.0 Å². The van der Waals surface area contributed by atoms with E-state index in [1.807, 2.05) is 97.1 Å². The maximum atomic E-state index is 13.5. The van der Waals surface area contributed by atoms with Crippen molar-refractivity contribution in [3.63, 3.8) is 0 Å². The highest BCUT2D eigenvalue weighted by atomic mass is 16.5. The van der Waals surface area contributed by atoms with Gasteiger partial charge in [-0.3, -0.25) is 9.59 Å². The van der Waals surface area contributed by atoms with Gasteiger partial charge < -0.3 is 9.84 Å². The Balaban J connectivity index is 1.52. The number of fused-ring (bicyclic) bond motifs is 1. The lowest BCUT2D eigenvalue weighted by molar-refractivity contribution is -0.158. The molecule has 0 radical (unpaired) electrons. The van der Waals surface area contributed by atoms with Crippen LogP contribution < -0.4 is 4.74 Å². The fourth-order valence-electron chi connectivity index (χ4n) is 4.94. The molecule has 2 unspecified atom stereocenters. The van der Waals surface area contributed by atoms with E-state index in [-0.39, 0.29) is 0 Å². The van der Waals surface area contributed by atoms with E-state index in [0.29, 0.717) is 5.75 Å². The zero-order chi connectivity index (χ0) is 22.1. The molecule has 1 aliphatic rings. The number of ether oxygens (including phenoxy) is 1. The Morgan fingerprint density at radius 1 is 0.625 bits per heavy atom. The van der Waals surface area contributed by atoms with Crippen LogP contribution in [0, 0.1) is 11.8 Å². The zero-order valence-corrected chi connectivity index (χ0v) is 17.3. The van der Waals surface area contributed by atoms with E-state index in [0.717, 1.165) is 21.9 Å². The lowest BCUT2D eigenvalue weighted by Gasteiger charge is -2.48. The van der Waals surface area contributed by atoms with Crippen molar-refractivity contribution in [2.24, 2.45) is 11.8 Å². The van der Waals surface area contributed by atoms with Gasteiger partial charge in [-0.1, -0.05) is 91.0 Å². The Labute approximate surface area is 186 Å². The maximum Gasteiger partial charge on any atom is 0.315 e. The first-order chi connectivity index (χ1) is 15.6. The fourth-order valence-corrected chi connectivity index (χ4v) is 4.94. The molecule has 0 bridgehead atoms. The summed E-state index contributed by atoms with van der Waals surface area (Å²) in [5, 5.41) is 12.1. The van der Waals surface area contributed by atoms with E-state index in [4.69, 9.17) is 4.74 Å². The molecule has 4 aromatic carbocycles. The first-order valence-electron chi connectivity index (χ1n) is 10.7. The van der Waals surface area contributed by atoms with Crippen molar-refractivity contribution in [1.82, 2.24) is 0 Å². The number of aliphatic carboxylic acids is 1. The van der Waals surface area contributed by atoms with Crippen LogP contribution in [-0.2, 0) is 9.59 Å². The van der Waals surface area contributed by atoms with Crippen LogP contribution in [0.3, 0.4) is 0 Å². The molecule has 4 aromatic rings. The van der Waals surface area contributed by atoms with Gasteiger partial charge in [-0.2, -0.15) is 0 Å².